The summed E-state index contributed by atoms with van der Waals surface area (Å²) >= 11 is 0. The van der Waals surface area contributed by atoms with Crippen molar-refractivity contribution in [1.29, 1.82) is 0 Å². The largest absolute Gasteiger partial charge is 0.382 e. The molecule has 1 aliphatic rings. The van der Waals surface area contributed by atoms with Crippen LogP contribution >= 0.6 is 0 Å². The van der Waals surface area contributed by atoms with Gasteiger partial charge in [-0.2, -0.15) is 0 Å². The number of para-hydroxylation sites is 1. The maximum Gasteiger partial charge on any atom is 0.0372 e. The fraction of sp³-hybridized carbons (Fsp3) is 0.368. The summed E-state index contributed by atoms with van der Waals surface area (Å²) in [6.45, 7) is 6.60. The van der Waals surface area contributed by atoms with E-state index in [-0.39, 0.29) is 0 Å². The lowest BCUT2D eigenvalue weighted by Crippen LogP contribution is -2.39. The van der Waals surface area contributed by atoms with Gasteiger partial charge in [-0.15, -0.1) is 0 Å². The zero-order valence-electron chi connectivity index (χ0n) is 13.0. The lowest BCUT2D eigenvalue weighted by atomic mass is 10.0. The summed E-state index contributed by atoms with van der Waals surface area (Å²) in [6, 6.07) is 18.0. The van der Waals surface area contributed by atoms with E-state index in [1.807, 2.05) is 0 Å². The van der Waals surface area contributed by atoms with Crippen molar-refractivity contribution in [3.8, 4) is 0 Å². The molecule has 1 heterocycles. The Bertz CT molecular complexity index is 584. The molecule has 2 aromatic rings. The SMILES string of the molecule is Cc1ccc(NC2CCN(c3ccccc3)CC2)c(C)c1. The van der Waals surface area contributed by atoms with Gasteiger partial charge in [0.05, 0.1) is 0 Å². The van der Waals surface area contributed by atoms with E-state index in [9.17, 15) is 0 Å². The summed E-state index contributed by atoms with van der Waals surface area (Å²) in [6.07, 6.45) is 2.39. The van der Waals surface area contributed by atoms with Crippen LogP contribution in [-0.4, -0.2) is 19.1 Å². The van der Waals surface area contributed by atoms with Crippen LogP contribution in [0.2, 0.25) is 0 Å². The van der Waals surface area contributed by atoms with Crippen molar-refractivity contribution in [2.45, 2.75) is 32.7 Å². The van der Waals surface area contributed by atoms with Crippen LogP contribution in [0.4, 0.5) is 11.4 Å². The quantitative estimate of drug-likeness (QED) is 0.897. The van der Waals surface area contributed by atoms with Gasteiger partial charge < -0.3 is 10.2 Å². The molecule has 2 aromatic carbocycles. The predicted octanol–water partition coefficient (Wildman–Crippen LogP) is 4.38. The molecule has 2 heteroatoms. The molecule has 2 nitrogen and oxygen atoms in total. The van der Waals surface area contributed by atoms with Crippen molar-refractivity contribution in [2.24, 2.45) is 0 Å². The zero-order valence-corrected chi connectivity index (χ0v) is 13.0. The van der Waals surface area contributed by atoms with E-state index in [1.165, 1.54) is 35.3 Å². The third-order valence-electron chi connectivity index (χ3n) is 4.36. The van der Waals surface area contributed by atoms with Gasteiger partial charge in [-0.1, -0.05) is 35.9 Å². The fourth-order valence-corrected chi connectivity index (χ4v) is 3.12. The number of rotatable bonds is 3. The molecule has 0 saturated carbocycles. The Morgan fingerprint density at radius 3 is 2.33 bits per heavy atom. The van der Waals surface area contributed by atoms with E-state index < -0.39 is 0 Å². The standard InChI is InChI=1S/C19H24N2/c1-15-8-9-19(16(2)14-15)20-17-10-12-21(13-11-17)18-6-4-3-5-7-18/h3-9,14,17,20H,10-13H2,1-2H3. The lowest BCUT2D eigenvalue weighted by molar-refractivity contribution is 0.526. The monoisotopic (exact) mass is 280 g/mol. The van der Waals surface area contributed by atoms with Crippen LogP contribution < -0.4 is 10.2 Å². The van der Waals surface area contributed by atoms with Crippen LogP contribution in [0, 0.1) is 13.8 Å². The Labute approximate surface area is 127 Å². The first-order valence-electron chi connectivity index (χ1n) is 7.86. The number of hydrogen-bond donors (Lipinski definition) is 1. The normalized spacial score (nSPS) is 16.0. The molecular formula is C19H24N2. The minimum atomic E-state index is 0.589. The Morgan fingerprint density at radius 2 is 1.67 bits per heavy atom. The van der Waals surface area contributed by atoms with Crippen molar-refractivity contribution in [3.63, 3.8) is 0 Å². The molecule has 0 spiro atoms. The van der Waals surface area contributed by atoms with E-state index in [0.29, 0.717) is 6.04 Å². The third-order valence-corrected chi connectivity index (χ3v) is 4.36. The average molecular weight is 280 g/mol. The van der Waals surface area contributed by atoms with E-state index in [0.717, 1.165) is 13.1 Å². The summed E-state index contributed by atoms with van der Waals surface area (Å²) in [7, 11) is 0. The molecule has 0 aliphatic carbocycles. The highest BCUT2D eigenvalue weighted by Gasteiger charge is 2.19. The summed E-state index contributed by atoms with van der Waals surface area (Å²) in [5, 5.41) is 3.72. The van der Waals surface area contributed by atoms with Crippen molar-refractivity contribution in [1.82, 2.24) is 0 Å². The molecule has 1 aliphatic heterocycles. The molecule has 0 unspecified atom stereocenters. The predicted molar refractivity (Wildman–Crippen MR) is 91.2 cm³/mol. The lowest BCUT2D eigenvalue weighted by Gasteiger charge is -2.34. The smallest absolute Gasteiger partial charge is 0.0372 e. The van der Waals surface area contributed by atoms with Crippen molar-refractivity contribution in [3.05, 3.63) is 59.7 Å². The van der Waals surface area contributed by atoms with Crippen LogP contribution in [0.3, 0.4) is 0 Å². The molecular weight excluding hydrogens is 256 g/mol. The number of piperidine rings is 1. The highest BCUT2D eigenvalue weighted by atomic mass is 15.1. The molecule has 3 rings (SSSR count). The molecule has 110 valence electrons. The van der Waals surface area contributed by atoms with Gasteiger partial charge in [-0.25, -0.2) is 0 Å². The Hall–Kier alpha value is -1.96. The molecule has 1 fully saturated rings. The summed E-state index contributed by atoms with van der Waals surface area (Å²) < 4.78 is 0. The van der Waals surface area contributed by atoms with Crippen LogP contribution in [-0.2, 0) is 0 Å². The second-order valence-corrected chi connectivity index (χ2v) is 6.06. The maximum atomic E-state index is 3.72. The number of aryl methyl sites for hydroxylation is 2. The summed E-state index contributed by atoms with van der Waals surface area (Å²) in [5.41, 5.74) is 5.32. The van der Waals surface area contributed by atoms with Gasteiger partial charge >= 0.3 is 0 Å². The first-order valence-corrected chi connectivity index (χ1v) is 7.86. The summed E-state index contributed by atoms with van der Waals surface area (Å²) in [5.74, 6) is 0. The topological polar surface area (TPSA) is 15.3 Å². The first-order chi connectivity index (χ1) is 10.2. The minimum Gasteiger partial charge on any atom is -0.382 e. The third kappa shape index (κ3) is 3.38. The molecule has 0 aromatic heterocycles. The minimum absolute atomic E-state index is 0.589. The Morgan fingerprint density at radius 1 is 0.952 bits per heavy atom. The van der Waals surface area contributed by atoms with E-state index >= 15 is 0 Å². The van der Waals surface area contributed by atoms with Gasteiger partial charge in [0, 0.05) is 30.5 Å². The number of benzene rings is 2. The Kier molecular flexibility index (Phi) is 4.14. The van der Waals surface area contributed by atoms with Gasteiger partial charge in [-0.05, 0) is 50.5 Å². The molecule has 0 atom stereocenters. The van der Waals surface area contributed by atoms with Crippen molar-refractivity contribution >= 4 is 11.4 Å². The van der Waals surface area contributed by atoms with Gasteiger partial charge in [0.25, 0.3) is 0 Å². The highest BCUT2D eigenvalue weighted by Crippen LogP contribution is 2.23. The van der Waals surface area contributed by atoms with Crippen LogP contribution in [0.5, 0.6) is 0 Å². The first kappa shape index (κ1) is 14.0. The van der Waals surface area contributed by atoms with E-state index in [1.54, 1.807) is 0 Å². The zero-order chi connectivity index (χ0) is 14.7. The Balaban J connectivity index is 1.59. The van der Waals surface area contributed by atoms with E-state index in [4.69, 9.17) is 0 Å². The van der Waals surface area contributed by atoms with Crippen LogP contribution in [0.15, 0.2) is 48.5 Å². The van der Waals surface area contributed by atoms with Gasteiger partial charge in [0.2, 0.25) is 0 Å². The van der Waals surface area contributed by atoms with E-state index in [2.05, 4.69) is 72.6 Å². The molecule has 0 bridgehead atoms. The maximum absolute atomic E-state index is 3.72. The molecule has 21 heavy (non-hydrogen) atoms. The average Bonchev–Trinajstić information content (AvgIpc) is 2.52. The van der Waals surface area contributed by atoms with Crippen molar-refractivity contribution < 1.29 is 0 Å². The van der Waals surface area contributed by atoms with Crippen molar-refractivity contribution in [2.75, 3.05) is 23.3 Å². The van der Waals surface area contributed by atoms with Gasteiger partial charge in [0.1, 0.15) is 0 Å². The molecule has 0 radical (unpaired) electrons. The highest BCUT2D eigenvalue weighted by molar-refractivity contribution is 5.53. The number of hydrogen-bond acceptors (Lipinski definition) is 2. The molecule has 0 amide bonds. The second kappa shape index (κ2) is 6.21. The second-order valence-electron chi connectivity index (χ2n) is 6.06. The fourth-order valence-electron chi connectivity index (χ4n) is 3.12. The van der Waals surface area contributed by atoms with Crippen LogP contribution in [0.25, 0.3) is 0 Å². The van der Waals surface area contributed by atoms with Gasteiger partial charge in [-0.3, -0.25) is 0 Å². The van der Waals surface area contributed by atoms with Crippen LogP contribution in [0.1, 0.15) is 24.0 Å². The molecule has 1 N–H and O–H groups in total. The number of nitrogens with one attached hydrogen (secondary N) is 1. The number of nitrogens with zero attached hydrogens (tertiary/aromatic N) is 1. The summed E-state index contributed by atoms with van der Waals surface area (Å²) in [4.78, 5) is 2.49. The van der Waals surface area contributed by atoms with Gasteiger partial charge in [0.15, 0.2) is 0 Å². The number of anilines is 2. The molecule has 1 saturated heterocycles.